The fourth-order valence-electron chi connectivity index (χ4n) is 2.69. The summed E-state index contributed by atoms with van der Waals surface area (Å²) in [6.45, 7) is 4.35. The molecule has 0 amide bonds. The molecule has 0 saturated heterocycles. The zero-order valence-corrected chi connectivity index (χ0v) is 14.5. The number of nitrogens with zero attached hydrogens (tertiary/aromatic N) is 2. The molecule has 0 atom stereocenters. The minimum atomic E-state index is 0.532. The quantitative estimate of drug-likeness (QED) is 0.588. The van der Waals surface area contributed by atoms with Gasteiger partial charge in [0, 0.05) is 35.8 Å². The average molecular weight is 336 g/mol. The van der Waals surface area contributed by atoms with Gasteiger partial charge in [0.1, 0.15) is 12.4 Å². The first-order chi connectivity index (χ1) is 12.3. The molecule has 3 rings (SSSR count). The van der Waals surface area contributed by atoms with E-state index >= 15 is 0 Å². The number of ether oxygens (including phenoxy) is 1. The van der Waals surface area contributed by atoms with Crippen molar-refractivity contribution in [2.24, 2.45) is 0 Å². The molecule has 0 aliphatic heterocycles. The van der Waals surface area contributed by atoms with Gasteiger partial charge in [-0.25, -0.2) is 0 Å². The highest BCUT2D eigenvalue weighted by Crippen LogP contribution is 2.19. The molecule has 5 heteroatoms. The topological polar surface area (TPSA) is 62.8 Å². The normalized spacial score (nSPS) is 10.8. The third-order valence-corrected chi connectivity index (χ3v) is 4.14. The van der Waals surface area contributed by atoms with Gasteiger partial charge >= 0.3 is 0 Å². The van der Waals surface area contributed by atoms with Gasteiger partial charge in [0.15, 0.2) is 0 Å². The molecule has 0 aliphatic carbocycles. The van der Waals surface area contributed by atoms with Crippen LogP contribution in [-0.4, -0.2) is 21.7 Å². The Bertz CT molecular complexity index is 770. The highest BCUT2D eigenvalue weighted by Gasteiger charge is 2.04. The standard InChI is InChI=1S/C20H24N4O/c1-16-18(14-23-24-16)8-5-11-22-13-19-7-2-3-9-20(19)25-15-17-6-4-10-21-12-17/h2-4,6-7,9-10,12,14,22H,5,8,11,13,15H2,1H3,(H,23,24). The Labute approximate surface area is 148 Å². The summed E-state index contributed by atoms with van der Waals surface area (Å²) in [6.07, 6.45) is 7.63. The highest BCUT2D eigenvalue weighted by atomic mass is 16.5. The number of aryl methyl sites for hydroxylation is 2. The van der Waals surface area contributed by atoms with Crippen LogP contribution in [-0.2, 0) is 19.6 Å². The summed E-state index contributed by atoms with van der Waals surface area (Å²) >= 11 is 0. The number of aromatic nitrogens is 3. The van der Waals surface area contributed by atoms with Crippen LogP contribution >= 0.6 is 0 Å². The van der Waals surface area contributed by atoms with Gasteiger partial charge in [-0.15, -0.1) is 0 Å². The summed E-state index contributed by atoms with van der Waals surface area (Å²) in [5.41, 5.74) is 4.70. The van der Waals surface area contributed by atoms with Crippen molar-refractivity contribution in [2.45, 2.75) is 32.9 Å². The number of benzene rings is 1. The number of hydrogen-bond acceptors (Lipinski definition) is 4. The Balaban J connectivity index is 1.45. The van der Waals surface area contributed by atoms with Crippen LogP contribution in [0.25, 0.3) is 0 Å². The lowest BCUT2D eigenvalue weighted by Crippen LogP contribution is -2.16. The largest absolute Gasteiger partial charge is 0.489 e. The van der Waals surface area contributed by atoms with Crippen molar-refractivity contribution in [2.75, 3.05) is 6.54 Å². The lowest BCUT2D eigenvalue weighted by atomic mass is 10.1. The monoisotopic (exact) mass is 336 g/mol. The third kappa shape index (κ3) is 5.16. The Hall–Kier alpha value is -2.66. The minimum Gasteiger partial charge on any atom is -0.489 e. The first-order valence-corrected chi connectivity index (χ1v) is 8.62. The van der Waals surface area contributed by atoms with Crippen LogP contribution < -0.4 is 10.1 Å². The predicted molar refractivity (Wildman–Crippen MR) is 98.4 cm³/mol. The lowest BCUT2D eigenvalue weighted by Gasteiger charge is -2.12. The molecule has 1 aromatic carbocycles. The van der Waals surface area contributed by atoms with Gasteiger partial charge in [-0.05, 0) is 44.0 Å². The molecular weight excluding hydrogens is 312 g/mol. The van der Waals surface area contributed by atoms with E-state index in [0.717, 1.165) is 42.9 Å². The van der Waals surface area contributed by atoms with E-state index in [4.69, 9.17) is 4.74 Å². The van der Waals surface area contributed by atoms with E-state index in [9.17, 15) is 0 Å². The Morgan fingerprint density at radius 3 is 2.80 bits per heavy atom. The van der Waals surface area contributed by atoms with Crippen molar-refractivity contribution in [1.82, 2.24) is 20.5 Å². The number of H-pyrrole nitrogens is 1. The molecule has 25 heavy (non-hydrogen) atoms. The summed E-state index contributed by atoms with van der Waals surface area (Å²) in [6, 6.07) is 12.1. The highest BCUT2D eigenvalue weighted by molar-refractivity contribution is 5.33. The molecule has 2 heterocycles. The van der Waals surface area contributed by atoms with E-state index in [1.165, 1.54) is 11.1 Å². The molecule has 0 saturated carbocycles. The van der Waals surface area contributed by atoms with Crippen molar-refractivity contribution in [1.29, 1.82) is 0 Å². The molecule has 2 aromatic heterocycles. The maximum Gasteiger partial charge on any atom is 0.124 e. The molecule has 0 bridgehead atoms. The third-order valence-electron chi connectivity index (χ3n) is 4.14. The average Bonchev–Trinajstić information content (AvgIpc) is 3.06. The van der Waals surface area contributed by atoms with Crippen LogP contribution in [0.2, 0.25) is 0 Å². The molecule has 130 valence electrons. The van der Waals surface area contributed by atoms with Crippen LogP contribution in [0.5, 0.6) is 5.75 Å². The van der Waals surface area contributed by atoms with Gasteiger partial charge in [0.05, 0.1) is 6.20 Å². The van der Waals surface area contributed by atoms with Gasteiger partial charge in [0.2, 0.25) is 0 Å². The van der Waals surface area contributed by atoms with E-state index in [-0.39, 0.29) is 0 Å². The fourth-order valence-corrected chi connectivity index (χ4v) is 2.69. The smallest absolute Gasteiger partial charge is 0.124 e. The van der Waals surface area contributed by atoms with Crippen LogP contribution in [0.1, 0.15) is 28.8 Å². The number of para-hydroxylation sites is 1. The molecule has 0 spiro atoms. The first-order valence-electron chi connectivity index (χ1n) is 8.62. The zero-order chi connectivity index (χ0) is 17.3. The van der Waals surface area contributed by atoms with E-state index < -0.39 is 0 Å². The van der Waals surface area contributed by atoms with Crippen molar-refractivity contribution in [3.8, 4) is 5.75 Å². The second kappa shape index (κ2) is 8.99. The maximum absolute atomic E-state index is 5.96. The van der Waals surface area contributed by atoms with Crippen LogP contribution in [0.3, 0.4) is 0 Å². The van der Waals surface area contributed by atoms with E-state index in [1.807, 2.05) is 42.7 Å². The first kappa shape index (κ1) is 17.2. The number of rotatable bonds is 9. The molecule has 0 radical (unpaired) electrons. The number of aromatic amines is 1. The number of hydrogen-bond donors (Lipinski definition) is 2. The molecule has 3 aromatic rings. The van der Waals surface area contributed by atoms with Gasteiger partial charge in [-0.1, -0.05) is 24.3 Å². The van der Waals surface area contributed by atoms with Crippen LogP contribution in [0.4, 0.5) is 0 Å². The number of nitrogens with one attached hydrogen (secondary N) is 2. The molecule has 0 unspecified atom stereocenters. The van der Waals surface area contributed by atoms with Gasteiger partial charge in [0.25, 0.3) is 0 Å². The van der Waals surface area contributed by atoms with E-state index in [1.54, 1.807) is 6.20 Å². The SMILES string of the molecule is Cc1[nH]ncc1CCCNCc1ccccc1OCc1cccnc1. The van der Waals surface area contributed by atoms with Crippen molar-refractivity contribution in [3.05, 3.63) is 77.4 Å². The fraction of sp³-hybridized carbons (Fsp3) is 0.300. The molecular formula is C20H24N4O. The molecule has 0 aliphatic rings. The molecule has 2 N–H and O–H groups in total. The van der Waals surface area contributed by atoms with Crippen LogP contribution in [0, 0.1) is 6.92 Å². The van der Waals surface area contributed by atoms with Crippen LogP contribution in [0.15, 0.2) is 55.0 Å². The lowest BCUT2D eigenvalue weighted by molar-refractivity contribution is 0.301. The Morgan fingerprint density at radius 2 is 2.00 bits per heavy atom. The van der Waals surface area contributed by atoms with Gasteiger partial charge in [-0.2, -0.15) is 5.10 Å². The second-order valence-corrected chi connectivity index (χ2v) is 6.06. The molecule has 0 fully saturated rings. The van der Waals surface area contributed by atoms with E-state index in [0.29, 0.717) is 6.61 Å². The number of pyridine rings is 1. The zero-order valence-electron chi connectivity index (χ0n) is 14.5. The van der Waals surface area contributed by atoms with Gasteiger partial charge < -0.3 is 10.1 Å². The summed E-state index contributed by atoms with van der Waals surface area (Å²) < 4.78 is 5.96. The summed E-state index contributed by atoms with van der Waals surface area (Å²) in [5, 5.41) is 10.5. The summed E-state index contributed by atoms with van der Waals surface area (Å²) in [7, 11) is 0. The van der Waals surface area contributed by atoms with Crippen molar-refractivity contribution in [3.63, 3.8) is 0 Å². The van der Waals surface area contributed by atoms with E-state index in [2.05, 4.69) is 33.5 Å². The maximum atomic E-state index is 5.96. The predicted octanol–water partition coefficient (Wildman–Crippen LogP) is 3.41. The Morgan fingerprint density at radius 1 is 1.08 bits per heavy atom. The summed E-state index contributed by atoms with van der Waals surface area (Å²) in [4.78, 5) is 4.12. The van der Waals surface area contributed by atoms with Crippen molar-refractivity contribution < 1.29 is 4.74 Å². The minimum absolute atomic E-state index is 0.532. The molecule has 5 nitrogen and oxygen atoms in total. The summed E-state index contributed by atoms with van der Waals surface area (Å²) in [5.74, 6) is 0.921. The second-order valence-electron chi connectivity index (χ2n) is 6.06. The van der Waals surface area contributed by atoms with Crippen molar-refractivity contribution >= 4 is 0 Å². The van der Waals surface area contributed by atoms with Gasteiger partial charge in [-0.3, -0.25) is 10.1 Å². The Kier molecular flexibility index (Phi) is 6.17.